The van der Waals surface area contributed by atoms with Gasteiger partial charge < -0.3 is 5.11 Å². The maximum Gasteiger partial charge on any atom is 0.310 e. The zero-order chi connectivity index (χ0) is 11.7. The van der Waals surface area contributed by atoms with Gasteiger partial charge in [0, 0.05) is 20.1 Å². The minimum atomic E-state index is -3.51. The molecule has 1 unspecified atom stereocenters. The van der Waals surface area contributed by atoms with E-state index in [0.717, 1.165) is 0 Å². The maximum absolute atomic E-state index is 11.5. The standard InChI is InChI=1S/C8H16N2O4S/c1-8(7(11)12)4-3-5-10(6-8)15(13,14)9-2/h9H,3-6H2,1-2H3,(H,11,12). The van der Waals surface area contributed by atoms with E-state index in [1.165, 1.54) is 11.4 Å². The van der Waals surface area contributed by atoms with Crippen molar-refractivity contribution in [2.45, 2.75) is 19.8 Å². The summed E-state index contributed by atoms with van der Waals surface area (Å²) >= 11 is 0. The van der Waals surface area contributed by atoms with Crippen molar-refractivity contribution in [2.24, 2.45) is 5.41 Å². The van der Waals surface area contributed by atoms with E-state index in [9.17, 15) is 13.2 Å². The van der Waals surface area contributed by atoms with Crippen LogP contribution in [0, 0.1) is 5.41 Å². The number of hydrogen-bond donors (Lipinski definition) is 2. The van der Waals surface area contributed by atoms with Gasteiger partial charge >= 0.3 is 5.97 Å². The zero-order valence-corrected chi connectivity index (χ0v) is 9.67. The SMILES string of the molecule is CNS(=O)(=O)N1CCCC(C)(C(=O)O)C1. The van der Waals surface area contributed by atoms with Crippen molar-refractivity contribution in [1.82, 2.24) is 9.03 Å². The second kappa shape index (κ2) is 4.07. The fraction of sp³-hybridized carbons (Fsp3) is 0.875. The first-order chi connectivity index (χ1) is 6.82. The molecule has 0 aromatic heterocycles. The van der Waals surface area contributed by atoms with Gasteiger partial charge in [0.2, 0.25) is 0 Å². The summed E-state index contributed by atoms with van der Waals surface area (Å²) in [5.41, 5.74) is -0.970. The molecule has 0 aromatic carbocycles. The largest absolute Gasteiger partial charge is 0.481 e. The molecule has 1 saturated heterocycles. The lowest BCUT2D eigenvalue weighted by atomic mass is 9.83. The summed E-state index contributed by atoms with van der Waals surface area (Å²) in [5.74, 6) is -0.946. The van der Waals surface area contributed by atoms with Gasteiger partial charge in [0.1, 0.15) is 0 Å². The van der Waals surface area contributed by atoms with Crippen LogP contribution in [0.4, 0.5) is 0 Å². The van der Waals surface area contributed by atoms with Crippen LogP contribution in [-0.4, -0.2) is 43.9 Å². The van der Waals surface area contributed by atoms with Crippen LogP contribution in [0.15, 0.2) is 0 Å². The van der Waals surface area contributed by atoms with Crippen LogP contribution in [0.5, 0.6) is 0 Å². The highest BCUT2D eigenvalue weighted by Crippen LogP contribution is 2.30. The fourth-order valence-corrected chi connectivity index (χ4v) is 2.78. The molecule has 0 radical (unpaired) electrons. The molecule has 0 saturated carbocycles. The number of carboxylic acid groups (broad SMARTS) is 1. The summed E-state index contributed by atoms with van der Waals surface area (Å²) in [4.78, 5) is 11.0. The van der Waals surface area contributed by atoms with Gasteiger partial charge in [-0.05, 0) is 19.8 Å². The summed E-state index contributed by atoms with van der Waals surface area (Å²) in [6, 6.07) is 0. The van der Waals surface area contributed by atoms with Gasteiger partial charge in [-0.25, -0.2) is 4.72 Å². The van der Waals surface area contributed by atoms with Crippen molar-refractivity contribution in [2.75, 3.05) is 20.1 Å². The molecule has 0 aliphatic carbocycles. The summed E-state index contributed by atoms with van der Waals surface area (Å²) in [7, 11) is -2.18. The van der Waals surface area contributed by atoms with Crippen molar-refractivity contribution in [3.05, 3.63) is 0 Å². The Labute approximate surface area is 89.4 Å². The predicted molar refractivity (Wildman–Crippen MR) is 54.5 cm³/mol. The second-order valence-electron chi connectivity index (χ2n) is 4.01. The zero-order valence-electron chi connectivity index (χ0n) is 8.86. The molecule has 6 nitrogen and oxygen atoms in total. The van der Waals surface area contributed by atoms with E-state index in [0.29, 0.717) is 19.4 Å². The van der Waals surface area contributed by atoms with E-state index in [-0.39, 0.29) is 6.54 Å². The molecule has 88 valence electrons. The van der Waals surface area contributed by atoms with Crippen molar-refractivity contribution < 1.29 is 18.3 Å². The number of piperidine rings is 1. The Kier molecular flexibility index (Phi) is 3.37. The smallest absolute Gasteiger partial charge is 0.310 e. The van der Waals surface area contributed by atoms with Gasteiger partial charge in [0.05, 0.1) is 5.41 Å². The third-order valence-corrected chi connectivity index (χ3v) is 4.28. The Morgan fingerprint density at radius 3 is 2.60 bits per heavy atom. The highest BCUT2D eigenvalue weighted by atomic mass is 32.2. The van der Waals surface area contributed by atoms with Gasteiger partial charge in [0.25, 0.3) is 10.2 Å². The Morgan fingerprint density at radius 2 is 2.13 bits per heavy atom. The molecular weight excluding hydrogens is 220 g/mol. The molecule has 1 aliphatic rings. The van der Waals surface area contributed by atoms with E-state index >= 15 is 0 Å². The van der Waals surface area contributed by atoms with Crippen LogP contribution in [0.3, 0.4) is 0 Å². The first-order valence-electron chi connectivity index (χ1n) is 4.74. The molecule has 15 heavy (non-hydrogen) atoms. The summed E-state index contributed by atoms with van der Waals surface area (Å²) < 4.78 is 26.4. The van der Waals surface area contributed by atoms with Crippen LogP contribution in [0.1, 0.15) is 19.8 Å². The second-order valence-corrected chi connectivity index (χ2v) is 5.89. The van der Waals surface area contributed by atoms with Crippen LogP contribution < -0.4 is 4.72 Å². The average molecular weight is 236 g/mol. The van der Waals surface area contributed by atoms with Crippen molar-refractivity contribution in [3.8, 4) is 0 Å². The molecule has 0 amide bonds. The van der Waals surface area contributed by atoms with Gasteiger partial charge in [-0.2, -0.15) is 12.7 Å². The lowest BCUT2D eigenvalue weighted by Gasteiger charge is -2.36. The Balaban J connectivity index is 2.86. The maximum atomic E-state index is 11.5. The first-order valence-corrected chi connectivity index (χ1v) is 6.18. The predicted octanol–water partition coefficient (Wildman–Crippen LogP) is -0.363. The number of nitrogens with zero attached hydrogens (tertiary/aromatic N) is 1. The fourth-order valence-electron chi connectivity index (χ4n) is 1.70. The molecule has 1 aliphatic heterocycles. The molecule has 7 heteroatoms. The number of hydrogen-bond acceptors (Lipinski definition) is 3. The molecule has 0 bridgehead atoms. The highest BCUT2D eigenvalue weighted by molar-refractivity contribution is 7.87. The van der Waals surface area contributed by atoms with Crippen molar-refractivity contribution in [3.63, 3.8) is 0 Å². The molecule has 1 atom stereocenters. The average Bonchev–Trinajstić information content (AvgIpc) is 2.18. The van der Waals surface area contributed by atoms with E-state index in [1.807, 2.05) is 0 Å². The van der Waals surface area contributed by atoms with Gasteiger partial charge in [-0.15, -0.1) is 0 Å². The van der Waals surface area contributed by atoms with Crippen molar-refractivity contribution in [1.29, 1.82) is 0 Å². The lowest BCUT2D eigenvalue weighted by molar-refractivity contribution is -0.150. The number of carboxylic acids is 1. The summed E-state index contributed by atoms with van der Waals surface area (Å²) in [5, 5.41) is 9.01. The molecule has 1 fully saturated rings. The Hall–Kier alpha value is -0.660. The van der Waals surface area contributed by atoms with Gasteiger partial charge in [-0.3, -0.25) is 4.79 Å². The summed E-state index contributed by atoms with van der Waals surface area (Å²) in [6.07, 6.45) is 1.09. The number of aliphatic carboxylic acids is 1. The molecule has 2 N–H and O–H groups in total. The van der Waals surface area contributed by atoms with Gasteiger partial charge in [0.15, 0.2) is 0 Å². The summed E-state index contributed by atoms with van der Waals surface area (Å²) in [6.45, 7) is 1.99. The van der Waals surface area contributed by atoms with Crippen LogP contribution >= 0.6 is 0 Å². The van der Waals surface area contributed by atoms with Gasteiger partial charge in [-0.1, -0.05) is 0 Å². The number of nitrogens with one attached hydrogen (secondary N) is 1. The first kappa shape index (κ1) is 12.4. The normalized spacial score (nSPS) is 28.9. The quantitative estimate of drug-likeness (QED) is 0.700. The topological polar surface area (TPSA) is 86.7 Å². The molecule has 1 rings (SSSR count). The molecule has 0 aromatic rings. The van der Waals surface area contributed by atoms with E-state index in [2.05, 4.69) is 4.72 Å². The van der Waals surface area contributed by atoms with Crippen molar-refractivity contribution >= 4 is 16.2 Å². The van der Waals surface area contributed by atoms with E-state index in [1.54, 1.807) is 6.92 Å². The van der Waals surface area contributed by atoms with Crippen LogP contribution in [0.2, 0.25) is 0 Å². The minimum Gasteiger partial charge on any atom is -0.481 e. The Morgan fingerprint density at radius 1 is 1.53 bits per heavy atom. The lowest BCUT2D eigenvalue weighted by Crippen LogP contribution is -2.51. The van der Waals surface area contributed by atoms with E-state index in [4.69, 9.17) is 5.11 Å². The Bertz CT molecular complexity index is 354. The molecule has 1 heterocycles. The number of carbonyl (C=O) groups is 1. The third kappa shape index (κ3) is 2.47. The third-order valence-electron chi connectivity index (χ3n) is 2.78. The molecule has 0 spiro atoms. The van der Waals surface area contributed by atoms with Crippen LogP contribution in [0.25, 0.3) is 0 Å². The van der Waals surface area contributed by atoms with Crippen LogP contribution in [-0.2, 0) is 15.0 Å². The molecular formula is C8H16N2O4S. The van der Waals surface area contributed by atoms with E-state index < -0.39 is 21.6 Å². The number of rotatable bonds is 3. The highest BCUT2D eigenvalue weighted by Gasteiger charge is 2.41. The monoisotopic (exact) mass is 236 g/mol. The minimum absolute atomic E-state index is 0.0332.